The van der Waals surface area contributed by atoms with E-state index in [1.807, 2.05) is 6.92 Å². The summed E-state index contributed by atoms with van der Waals surface area (Å²) in [4.78, 5) is 13.2. The van der Waals surface area contributed by atoms with Crippen LogP contribution in [-0.4, -0.2) is 26.3 Å². The van der Waals surface area contributed by atoms with E-state index in [2.05, 4.69) is 18.1 Å². The van der Waals surface area contributed by atoms with Gasteiger partial charge in [0.2, 0.25) is 0 Å². The molecule has 5 rings (SSSR count). The third-order valence-electron chi connectivity index (χ3n) is 9.02. The maximum Gasteiger partial charge on any atom is 0.157 e. The number of fused-ring (bicyclic) bond motifs is 5. The number of carbonyl (C=O) groups is 1. The van der Waals surface area contributed by atoms with Crippen LogP contribution in [0.25, 0.3) is 0 Å². The molecule has 1 aromatic heterocycles. The first kappa shape index (κ1) is 19.8. The highest BCUT2D eigenvalue weighted by molar-refractivity contribution is 6.30. The fraction of sp³-hybridized carbons (Fsp3) is 0.750. The molecule has 158 valence electrons. The summed E-state index contributed by atoms with van der Waals surface area (Å²) < 4.78 is 1.69. The molecule has 1 heterocycles. The Morgan fingerprint density at radius 2 is 2.07 bits per heavy atom. The van der Waals surface area contributed by atoms with E-state index >= 15 is 0 Å². The molecule has 4 nitrogen and oxygen atoms in total. The van der Waals surface area contributed by atoms with Crippen LogP contribution in [0.5, 0.6) is 0 Å². The van der Waals surface area contributed by atoms with Gasteiger partial charge in [0.25, 0.3) is 0 Å². The van der Waals surface area contributed by atoms with Gasteiger partial charge < -0.3 is 5.11 Å². The summed E-state index contributed by atoms with van der Waals surface area (Å²) in [6.45, 7) is 4.73. The Hall–Kier alpha value is -1.13. The van der Waals surface area contributed by atoms with Gasteiger partial charge in [-0.2, -0.15) is 5.10 Å². The zero-order valence-corrected chi connectivity index (χ0v) is 18.4. The summed E-state index contributed by atoms with van der Waals surface area (Å²) in [5, 5.41) is 15.3. The van der Waals surface area contributed by atoms with Crippen molar-refractivity contribution in [1.29, 1.82) is 0 Å². The standard InChI is InChI=1S/C24H33ClN2O2/c1-23(29)9-7-17-15(11-23)3-4-19-18(17)8-10-24(2)20(19)5-6-21(24)22(28)14-27-13-16(25)12-26-27/h3,12-13,17-21,29H,4-11,14H2,1-2H3. The van der Waals surface area contributed by atoms with Gasteiger partial charge in [0.05, 0.1) is 23.4 Å². The molecular formula is C24H33ClN2O2. The molecule has 1 aromatic rings. The van der Waals surface area contributed by atoms with E-state index < -0.39 is 5.60 Å². The van der Waals surface area contributed by atoms with Crippen LogP contribution in [0.3, 0.4) is 0 Å². The monoisotopic (exact) mass is 416 g/mol. The average Bonchev–Trinajstić information content (AvgIpc) is 3.22. The SMILES string of the molecule is CC1(O)CCC2C(=CCC3C2CCC2(C)C(C(=O)Cn4cc(Cl)cn4)CCC32)C1. The molecule has 3 fully saturated rings. The van der Waals surface area contributed by atoms with Gasteiger partial charge in [0.1, 0.15) is 0 Å². The lowest BCUT2D eigenvalue weighted by molar-refractivity contribution is -0.129. The molecule has 1 N–H and O–H groups in total. The van der Waals surface area contributed by atoms with Gasteiger partial charge in [0, 0.05) is 12.1 Å². The van der Waals surface area contributed by atoms with Crippen LogP contribution in [-0.2, 0) is 11.3 Å². The Labute approximate surface area is 178 Å². The normalized spacial score (nSPS) is 43.9. The highest BCUT2D eigenvalue weighted by Crippen LogP contribution is 2.63. The van der Waals surface area contributed by atoms with Crippen LogP contribution >= 0.6 is 11.6 Å². The van der Waals surface area contributed by atoms with Gasteiger partial charge in [-0.25, -0.2) is 0 Å². The first-order chi connectivity index (χ1) is 13.8. The number of allylic oxidation sites excluding steroid dienone is 1. The zero-order chi connectivity index (χ0) is 20.4. The maximum atomic E-state index is 13.2. The highest BCUT2D eigenvalue weighted by Gasteiger charge is 2.57. The number of halogens is 1. The Morgan fingerprint density at radius 1 is 1.24 bits per heavy atom. The number of rotatable bonds is 3. The Kier molecular flexibility index (Phi) is 4.75. The minimum absolute atomic E-state index is 0.126. The number of nitrogens with zero attached hydrogens (tertiary/aromatic N) is 2. The van der Waals surface area contributed by atoms with E-state index in [4.69, 9.17) is 11.6 Å². The Balaban J connectivity index is 1.34. The minimum atomic E-state index is -0.515. The molecule has 7 atom stereocenters. The van der Waals surface area contributed by atoms with Crippen LogP contribution in [0.15, 0.2) is 24.0 Å². The van der Waals surface area contributed by atoms with E-state index in [-0.39, 0.29) is 11.3 Å². The number of hydrogen-bond donors (Lipinski definition) is 1. The van der Waals surface area contributed by atoms with Crippen molar-refractivity contribution in [2.75, 3.05) is 0 Å². The third kappa shape index (κ3) is 3.31. The molecule has 4 aliphatic carbocycles. The molecule has 0 aromatic carbocycles. The largest absolute Gasteiger partial charge is 0.390 e. The summed E-state index contributed by atoms with van der Waals surface area (Å²) in [5.41, 5.74) is 1.13. The second-order valence-corrected chi connectivity index (χ2v) is 11.2. The van der Waals surface area contributed by atoms with Crippen molar-refractivity contribution in [2.45, 2.75) is 77.4 Å². The maximum absolute atomic E-state index is 13.2. The van der Waals surface area contributed by atoms with Crippen molar-refractivity contribution in [3.05, 3.63) is 29.1 Å². The van der Waals surface area contributed by atoms with Gasteiger partial charge in [-0.05, 0) is 87.4 Å². The van der Waals surface area contributed by atoms with Crippen LogP contribution < -0.4 is 0 Å². The Bertz CT molecular complexity index is 844. The molecule has 0 radical (unpaired) electrons. The quantitative estimate of drug-likeness (QED) is 0.702. The number of Topliss-reactive ketones (excluding diaryl/α,β-unsaturated/α-hetero) is 1. The van der Waals surface area contributed by atoms with Gasteiger partial charge >= 0.3 is 0 Å². The van der Waals surface area contributed by atoms with Crippen molar-refractivity contribution >= 4 is 17.4 Å². The number of carbonyl (C=O) groups excluding carboxylic acids is 1. The van der Waals surface area contributed by atoms with Crippen molar-refractivity contribution in [3.63, 3.8) is 0 Å². The molecule has 3 saturated carbocycles. The molecule has 7 unspecified atom stereocenters. The average molecular weight is 417 g/mol. The summed E-state index contributed by atoms with van der Waals surface area (Å²) in [5.74, 6) is 3.25. The summed E-state index contributed by atoms with van der Waals surface area (Å²) in [6, 6.07) is 0. The summed E-state index contributed by atoms with van der Waals surface area (Å²) in [6.07, 6.45) is 14.5. The van der Waals surface area contributed by atoms with E-state index in [0.29, 0.717) is 35.1 Å². The number of aromatic nitrogens is 2. The molecule has 0 spiro atoms. The fourth-order valence-electron chi connectivity index (χ4n) is 7.69. The van der Waals surface area contributed by atoms with Crippen molar-refractivity contribution in [1.82, 2.24) is 9.78 Å². The van der Waals surface area contributed by atoms with Crippen LogP contribution in [0.1, 0.15) is 65.2 Å². The predicted molar refractivity (Wildman–Crippen MR) is 113 cm³/mol. The van der Waals surface area contributed by atoms with Crippen LogP contribution in [0.2, 0.25) is 5.02 Å². The minimum Gasteiger partial charge on any atom is -0.390 e. The molecular weight excluding hydrogens is 384 g/mol. The number of hydrogen-bond acceptors (Lipinski definition) is 3. The molecule has 0 amide bonds. The van der Waals surface area contributed by atoms with Crippen LogP contribution in [0.4, 0.5) is 0 Å². The molecule has 5 heteroatoms. The lowest BCUT2D eigenvalue weighted by Gasteiger charge is -2.54. The van der Waals surface area contributed by atoms with Gasteiger partial charge in [-0.1, -0.05) is 30.2 Å². The first-order valence-corrected chi connectivity index (χ1v) is 11.8. The second kappa shape index (κ2) is 6.95. The first-order valence-electron chi connectivity index (χ1n) is 11.4. The van der Waals surface area contributed by atoms with Crippen LogP contribution in [0, 0.1) is 35.0 Å². The Morgan fingerprint density at radius 3 is 2.83 bits per heavy atom. The van der Waals surface area contributed by atoms with E-state index in [0.717, 1.165) is 44.4 Å². The smallest absolute Gasteiger partial charge is 0.157 e. The van der Waals surface area contributed by atoms with Gasteiger partial charge in [-0.3, -0.25) is 9.48 Å². The number of aliphatic hydroxyl groups is 1. The lowest BCUT2D eigenvalue weighted by Crippen LogP contribution is -2.48. The lowest BCUT2D eigenvalue weighted by atomic mass is 9.51. The molecule has 29 heavy (non-hydrogen) atoms. The highest BCUT2D eigenvalue weighted by atomic mass is 35.5. The number of ketones is 1. The van der Waals surface area contributed by atoms with Crippen molar-refractivity contribution in [2.24, 2.45) is 35.0 Å². The molecule has 0 saturated heterocycles. The molecule has 4 aliphatic rings. The fourth-order valence-corrected chi connectivity index (χ4v) is 7.85. The third-order valence-corrected chi connectivity index (χ3v) is 9.22. The van der Waals surface area contributed by atoms with Crippen molar-refractivity contribution in [3.8, 4) is 0 Å². The van der Waals surface area contributed by atoms with Gasteiger partial charge in [0.15, 0.2) is 5.78 Å². The zero-order valence-electron chi connectivity index (χ0n) is 17.6. The van der Waals surface area contributed by atoms with E-state index in [1.54, 1.807) is 17.1 Å². The topological polar surface area (TPSA) is 55.1 Å². The summed E-state index contributed by atoms with van der Waals surface area (Å²) >= 11 is 5.98. The van der Waals surface area contributed by atoms with Gasteiger partial charge in [-0.15, -0.1) is 0 Å². The molecule has 0 aliphatic heterocycles. The second-order valence-electron chi connectivity index (χ2n) is 10.8. The van der Waals surface area contributed by atoms with Crippen molar-refractivity contribution < 1.29 is 9.90 Å². The molecule has 0 bridgehead atoms. The predicted octanol–water partition coefficient (Wildman–Crippen LogP) is 5.05. The van der Waals surface area contributed by atoms with E-state index in [9.17, 15) is 9.90 Å². The summed E-state index contributed by atoms with van der Waals surface area (Å²) in [7, 11) is 0. The van der Waals surface area contributed by atoms with E-state index in [1.165, 1.54) is 18.4 Å².